The van der Waals surface area contributed by atoms with Crippen molar-refractivity contribution in [2.75, 3.05) is 0 Å². The van der Waals surface area contributed by atoms with Crippen molar-refractivity contribution < 1.29 is 58.3 Å². The average Bonchev–Trinajstić information content (AvgIpc) is 2.92. The van der Waals surface area contributed by atoms with Crippen LogP contribution < -0.4 is 24.7 Å². The van der Waals surface area contributed by atoms with Crippen LogP contribution in [-0.2, 0) is 34.1 Å². The van der Waals surface area contributed by atoms with Crippen molar-refractivity contribution in [2.24, 2.45) is 5.73 Å². The first-order valence-corrected chi connectivity index (χ1v) is 12.0. The first kappa shape index (κ1) is 31.6. The van der Waals surface area contributed by atoms with Crippen molar-refractivity contribution in [2.45, 2.75) is 32.1 Å². The van der Waals surface area contributed by atoms with Gasteiger partial charge in [-0.05, 0) is 60.0 Å². The van der Waals surface area contributed by atoms with Gasteiger partial charge in [0.25, 0.3) is 10.2 Å². The van der Waals surface area contributed by atoms with E-state index in [-0.39, 0.29) is 35.0 Å². The van der Waals surface area contributed by atoms with Crippen molar-refractivity contribution in [3.63, 3.8) is 0 Å². The fourth-order valence-corrected chi connectivity index (χ4v) is 3.39. The number of rotatable bonds is 13. The van der Waals surface area contributed by atoms with Gasteiger partial charge in [-0.2, -0.15) is 0 Å². The molecule has 0 heterocycles. The van der Waals surface area contributed by atoms with Crippen molar-refractivity contribution in [1.29, 1.82) is 0 Å². The van der Waals surface area contributed by atoms with E-state index in [0.717, 1.165) is 0 Å². The van der Waals surface area contributed by atoms with Crippen LogP contribution in [0.3, 0.4) is 0 Å². The Hall–Kier alpha value is -5.97. The van der Waals surface area contributed by atoms with Crippen LogP contribution in [0.2, 0.25) is 0 Å². The molecule has 0 radical (unpaired) electrons. The lowest BCUT2D eigenvalue weighted by Gasteiger charge is -2.20. The Morgan fingerprint density at radius 2 is 1.23 bits per heavy atom. The molecule has 3 rings (SSSR count). The van der Waals surface area contributed by atoms with E-state index in [1.807, 2.05) is 0 Å². The van der Waals surface area contributed by atoms with Gasteiger partial charge in [0.05, 0.1) is 0 Å². The minimum Gasteiger partial charge on any atom is -0.480 e. The number of benzene rings is 3. The molecule has 17 nitrogen and oxygen atoms in total. The lowest BCUT2D eigenvalue weighted by atomic mass is 9.94. The predicted octanol–water partition coefficient (Wildman–Crippen LogP) is 3.60. The van der Waals surface area contributed by atoms with E-state index < -0.39 is 47.2 Å². The van der Waals surface area contributed by atoms with E-state index in [4.69, 9.17) is 24.7 Å². The second-order valence-electron chi connectivity index (χ2n) is 8.88. The average molecular weight is 601 g/mol. The van der Waals surface area contributed by atoms with Crippen molar-refractivity contribution >= 4 is 18.3 Å². The highest BCUT2D eigenvalue weighted by Gasteiger charge is 2.29. The zero-order valence-electron chi connectivity index (χ0n) is 22.2. The Morgan fingerprint density at radius 3 is 1.70 bits per heavy atom. The van der Waals surface area contributed by atoms with Gasteiger partial charge in [-0.25, -0.2) is 9.59 Å². The second-order valence-corrected chi connectivity index (χ2v) is 8.88. The molecule has 17 heteroatoms. The number of ether oxygens (including phenoxy) is 4. The lowest BCUT2D eigenvalue weighted by molar-refractivity contribution is -0.763. The molecule has 0 aliphatic carbocycles. The maximum atomic E-state index is 12.6. The van der Waals surface area contributed by atoms with Gasteiger partial charge in [-0.3, -0.25) is 4.79 Å². The molecule has 0 saturated carbocycles. The fourth-order valence-electron chi connectivity index (χ4n) is 3.39. The van der Waals surface area contributed by atoms with Crippen molar-refractivity contribution in [3.8, 4) is 23.0 Å². The van der Waals surface area contributed by atoms with Crippen molar-refractivity contribution in [3.05, 3.63) is 104 Å². The van der Waals surface area contributed by atoms with Gasteiger partial charge in [0, 0.05) is 6.42 Å². The van der Waals surface area contributed by atoms with Crippen LogP contribution in [0, 0.1) is 20.2 Å². The van der Waals surface area contributed by atoms with Gasteiger partial charge in [-0.15, -0.1) is 20.2 Å². The molecule has 0 spiro atoms. The van der Waals surface area contributed by atoms with Gasteiger partial charge in [0.2, 0.25) is 0 Å². The Labute approximate surface area is 241 Å². The molecule has 0 saturated heterocycles. The van der Waals surface area contributed by atoms with Crippen LogP contribution in [-0.4, -0.2) is 39.1 Å². The van der Waals surface area contributed by atoms with Crippen LogP contribution >= 0.6 is 0 Å². The molecule has 0 fully saturated rings. The summed E-state index contributed by atoms with van der Waals surface area (Å²) < 4.78 is 20.6. The van der Waals surface area contributed by atoms with Crippen LogP contribution in [0.15, 0.2) is 66.7 Å². The number of hydrogen-bond acceptors (Lipinski definition) is 14. The standard InChI is InChI=1S/C26H23N3O14/c1-26(27,23(30)31)13-16-8-9-21(42-24(32)40-19-6-2-4-17(10-19)14-38-28(34)35)22(12-16)43-25(33)41-20-7-3-5-18(11-20)15-39-29(36)37/h2-12H,13-15,27H2,1H3,(H,30,31). The largest absolute Gasteiger partial charge is 0.519 e. The summed E-state index contributed by atoms with van der Waals surface area (Å²) in [5, 5.41) is 28.2. The summed E-state index contributed by atoms with van der Waals surface area (Å²) in [6, 6.07) is 15.0. The summed E-state index contributed by atoms with van der Waals surface area (Å²) in [6.07, 6.45) is -2.81. The SMILES string of the molecule is CC(N)(Cc1ccc(OC(=O)Oc2cccc(CO[N+](=O)[O-])c2)c(OC(=O)Oc2cccc(CO[N+](=O)[O-])c2)c1)C(=O)O. The van der Waals surface area contributed by atoms with Gasteiger partial charge < -0.3 is 39.5 Å². The zero-order valence-corrected chi connectivity index (χ0v) is 22.2. The summed E-state index contributed by atoms with van der Waals surface area (Å²) in [4.78, 5) is 66.0. The van der Waals surface area contributed by atoms with E-state index in [9.17, 15) is 39.7 Å². The maximum Gasteiger partial charge on any atom is 0.519 e. The Balaban J connectivity index is 1.79. The van der Waals surface area contributed by atoms with Crippen LogP contribution in [0.25, 0.3) is 0 Å². The quantitative estimate of drug-likeness (QED) is 0.123. The monoisotopic (exact) mass is 601 g/mol. The maximum absolute atomic E-state index is 12.6. The lowest BCUT2D eigenvalue weighted by Crippen LogP contribution is -2.46. The van der Waals surface area contributed by atoms with Gasteiger partial charge in [0.1, 0.15) is 30.3 Å². The molecule has 43 heavy (non-hydrogen) atoms. The number of nitrogens with two attached hydrogens (primary N) is 1. The molecule has 0 aromatic heterocycles. The summed E-state index contributed by atoms with van der Waals surface area (Å²) in [5.74, 6) is -2.12. The van der Waals surface area contributed by atoms with Gasteiger partial charge in [-0.1, -0.05) is 30.3 Å². The highest BCUT2D eigenvalue weighted by atomic mass is 17.0. The van der Waals surface area contributed by atoms with E-state index in [0.29, 0.717) is 11.1 Å². The molecule has 0 bridgehead atoms. The van der Waals surface area contributed by atoms with E-state index in [2.05, 4.69) is 9.68 Å². The first-order valence-electron chi connectivity index (χ1n) is 12.0. The Bertz CT molecular complexity index is 1520. The van der Waals surface area contributed by atoms with Gasteiger partial charge in [0.15, 0.2) is 11.5 Å². The van der Waals surface area contributed by atoms with E-state index in [1.165, 1.54) is 73.7 Å². The minimum absolute atomic E-state index is 0.0470. The third-order valence-electron chi connectivity index (χ3n) is 5.33. The topological polar surface area (TPSA) is 239 Å². The van der Waals surface area contributed by atoms with Crippen LogP contribution in [0.5, 0.6) is 23.0 Å². The number of nitrogens with zero attached hydrogens (tertiary/aromatic N) is 2. The molecular formula is C26H23N3O14. The molecule has 3 N–H and O–H groups in total. The number of carboxylic acid groups (broad SMARTS) is 1. The Morgan fingerprint density at radius 1 is 0.744 bits per heavy atom. The van der Waals surface area contributed by atoms with Crippen LogP contribution in [0.1, 0.15) is 23.6 Å². The molecule has 1 atom stereocenters. The minimum atomic E-state index is -1.70. The Kier molecular flexibility index (Phi) is 10.3. The van der Waals surface area contributed by atoms with Crippen molar-refractivity contribution in [1.82, 2.24) is 0 Å². The highest BCUT2D eigenvalue weighted by molar-refractivity contribution is 5.78. The zero-order chi connectivity index (χ0) is 31.6. The predicted molar refractivity (Wildman–Crippen MR) is 140 cm³/mol. The number of carbonyl (C=O) groups excluding carboxylic acids is 2. The molecule has 226 valence electrons. The smallest absolute Gasteiger partial charge is 0.480 e. The number of hydrogen-bond donors (Lipinski definition) is 2. The normalized spacial score (nSPS) is 11.8. The number of aliphatic carboxylic acids is 1. The van der Waals surface area contributed by atoms with E-state index >= 15 is 0 Å². The molecule has 0 aliphatic rings. The highest BCUT2D eigenvalue weighted by Crippen LogP contribution is 2.31. The molecule has 3 aromatic rings. The number of carbonyl (C=O) groups is 3. The summed E-state index contributed by atoms with van der Waals surface area (Å²) >= 11 is 0. The van der Waals surface area contributed by atoms with E-state index in [1.54, 1.807) is 0 Å². The molecule has 1 unspecified atom stereocenters. The van der Waals surface area contributed by atoms with Gasteiger partial charge >= 0.3 is 18.3 Å². The summed E-state index contributed by atoms with van der Waals surface area (Å²) in [5.41, 5.74) is 5.03. The third kappa shape index (κ3) is 10.2. The first-order chi connectivity index (χ1) is 20.3. The molecule has 0 amide bonds. The summed E-state index contributed by atoms with van der Waals surface area (Å²) in [7, 11) is 0. The third-order valence-corrected chi connectivity index (χ3v) is 5.33. The van der Waals surface area contributed by atoms with Crippen LogP contribution in [0.4, 0.5) is 9.59 Å². The number of carboxylic acids is 1. The molecular weight excluding hydrogens is 578 g/mol. The summed E-state index contributed by atoms with van der Waals surface area (Å²) in [6.45, 7) is 0.462. The molecule has 3 aromatic carbocycles. The second kappa shape index (κ2) is 14.1. The molecule has 0 aliphatic heterocycles. The fraction of sp³-hybridized carbons (Fsp3) is 0.192.